The summed E-state index contributed by atoms with van der Waals surface area (Å²) in [5.41, 5.74) is 0. The Morgan fingerprint density at radius 1 is 0.386 bits per heavy atom. The van der Waals surface area contributed by atoms with Gasteiger partial charge >= 0.3 is 19.8 Å². The normalized spacial score (nSPS) is 13.9. The molecule has 0 saturated carbocycles. The van der Waals surface area contributed by atoms with E-state index >= 15 is 0 Å². The third-order valence-electron chi connectivity index (χ3n) is 14.6. The predicted molar refractivity (Wildman–Crippen MR) is 358 cm³/mol. The maximum Gasteiger partial charge on any atom is 0.472 e. The van der Waals surface area contributed by atoms with Crippen LogP contribution in [-0.2, 0) is 32.7 Å². The summed E-state index contributed by atoms with van der Waals surface area (Å²) in [7, 11) is 1.47. The second-order valence-electron chi connectivity index (χ2n) is 23.8. The van der Waals surface area contributed by atoms with Gasteiger partial charge in [-0.1, -0.05) is 303 Å². The number of unbranched alkanes of at least 4 members (excludes halogenated alkanes) is 30. The molecule has 0 aliphatic heterocycles. The van der Waals surface area contributed by atoms with E-state index in [1.807, 2.05) is 21.1 Å². The van der Waals surface area contributed by atoms with Gasteiger partial charge in [0, 0.05) is 12.8 Å². The summed E-state index contributed by atoms with van der Waals surface area (Å²) in [6.45, 7) is 4.33. The Balaban J connectivity index is 4.13. The molecule has 0 radical (unpaired) electrons. The van der Waals surface area contributed by atoms with Crippen molar-refractivity contribution in [3.63, 3.8) is 0 Å². The molecule has 0 bridgehead atoms. The van der Waals surface area contributed by atoms with Crippen LogP contribution in [0.3, 0.4) is 0 Å². The molecule has 0 saturated heterocycles. The van der Waals surface area contributed by atoms with E-state index in [0.29, 0.717) is 17.4 Å². The summed E-state index contributed by atoms with van der Waals surface area (Å²) in [6.07, 6.45) is 88.9. The number of carbonyl (C=O) groups is 2. The average Bonchev–Trinajstić information content (AvgIpc) is 3.49. The van der Waals surface area contributed by atoms with Gasteiger partial charge in [-0.25, -0.2) is 4.57 Å². The van der Waals surface area contributed by atoms with E-state index < -0.39 is 26.5 Å². The monoisotopic (exact) mass is 1180 g/mol. The fourth-order valence-electron chi connectivity index (χ4n) is 9.36. The molecule has 0 rings (SSSR count). The van der Waals surface area contributed by atoms with Crippen LogP contribution in [0.5, 0.6) is 0 Å². The number of carbonyl (C=O) groups excluding carboxylic acids is 2. The van der Waals surface area contributed by atoms with Crippen LogP contribution in [0.4, 0.5) is 0 Å². The van der Waals surface area contributed by atoms with Crippen LogP contribution >= 0.6 is 7.82 Å². The minimum absolute atomic E-state index is 0.0258. The molecule has 0 aromatic carbocycles. The van der Waals surface area contributed by atoms with Gasteiger partial charge in [0.15, 0.2) is 6.10 Å². The van der Waals surface area contributed by atoms with Gasteiger partial charge < -0.3 is 18.9 Å². The first-order chi connectivity index (χ1) is 40.5. The van der Waals surface area contributed by atoms with Gasteiger partial charge in [-0.05, 0) is 83.5 Å². The summed E-state index contributed by atoms with van der Waals surface area (Å²) >= 11 is 0. The van der Waals surface area contributed by atoms with E-state index in [0.717, 1.165) is 103 Å². The Hall–Kier alpha value is -3.33. The summed E-state index contributed by atoms with van der Waals surface area (Å²) in [6, 6.07) is 0. The lowest BCUT2D eigenvalue weighted by atomic mass is 10.0. The Morgan fingerprint density at radius 3 is 1.02 bits per heavy atom. The van der Waals surface area contributed by atoms with E-state index in [2.05, 4.69) is 123 Å². The SMILES string of the molecule is CC/C=C\C/C=C\C/C=C\C/C=C\C/C=C\C/C=C\C/C=C\C/C=C\C/C=C\CCCCCCCCCC(=O)OC(COC(=O)CCCCCCCCCCCCCCCCCCCCCCCCCC)COP(=O)(O)OCC[N+](C)(C)C. The molecular weight excluding hydrogens is 1050 g/mol. The minimum atomic E-state index is -4.40. The van der Waals surface area contributed by atoms with Crippen molar-refractivity contribution in [3.05, 3.63) is 109 Å². The number of rotatable bonds is 62. The van der Waals surface area contributed by atoms with E-state index in [-0.39, 0.29) is 32.0 Å². The minimum Gasteiger partial charge on any atom is -0.462 e. The molecule has 2 atom stereocenters. The van der Waals surface area contributed by atoms with Gasteiger partial charge in [-0.3, -0.25) is 18.6 Å². The van der Waals surface area contributed by atoms with Crippen molar-refractivity contribution in [2.75, 3.05) is 47.5 Å². The number of allylic oxidation sites excluding steroid dienone is 18. The number of hydrogen-bond donors (Lipinski definition) is 1. The molecule has 1 N–H and O–H groups in total. The Morgan fingerprint density at radius 2 is 0.687 bits per heavy atom. The predicted octanol–water partition coefficient (Wildman–Crippen LogP) is 22.1. The fourth-order valence-corrected chi connectivity index (χ4v) is 10.1. The third-order valence-corrected chi connectivity index (χ3v) is 15.6. The van der Waals surface area contributed by atoms with E-state index in [1.54, 1.807) is 0 Å². The van der Waals surface area contributed by atoms with Gasteiger partial charge in [0.05, 0.1) is 27.7 Å². The molecule has 0 aliphatic rings. The van der Waals surface area contributed by atoms with Gasteiger partial charge in [-0.2, -0.15) is 0 Å². The summed E-state index contributed by atoms with van der Waals surface area (Å²) in [5, 5.41) is 0. The molecule has 0 amide bonds. The smallest absolute Gasteiger partial charge is 0.462 e. The van der Waals surface area contributed by atoms with Gasteiger partial charge in [0.25, 0.3) is 0 Å². The number of esters is 2. The summed E-state index contributed by atoms with van der Waals surface area (Å²) in [5.74, 6) is -0.805. The largest absolute Gasteiger partial charge is 0.472 e. The number of likely N-dealkylation sites (N-methyl/N-ethyl adjacent to an activating group) is 1. The number of ether oxygens (including phenoxy) is 2. The number of phosphoric ester groups is 1. The van der Waals surface area contributed by atoms with Crippen LogP contribution in [0.1, 0.15) is 290 Å². The first-order valence-corrected chi connectivity index (χ1v) is 35.6. The van der Waals surface area contributed by atoms with Crippen LogP contribution in [0.25, 0.3) is 0 Å². The van der Waals surface area contributed by atoms with Crippen molar-refractivity contribution < 1.29 is 42.1 Å². The van der Waals surface area contributed by atoms with Crippen molar-refractivity contribution in [3.8, 4) is 0 Å². The molecule has 0 aromatic rings. The van der Waals surface area contributed by atoms with Crippen molar-refractivity contribution in [1.82, 2.24) is 0 Å². The zero-order chi connectivity index (χ0) is 60.5. The van der Waals surface area contributed by atoms with Crippen LogP contribution < -0.4 is 0 Å². The summed E-state index contributed by atoms with van der Waals surface area (Å²) in [4.78, 5) is 35.8. The van der Waals surface area contributed by atoms with E-state index in [1.165, 1.54) is 154 Å². The Kier molecular flexibility index (Phi) is 60.6. The number of quaternary nitrogens is 1. The second kappa shape index (κ2) is 63.2. The summed E-state index contributed by atoms with van der Waals surface area (Å²) < 4.78 is 34.7. The Bertz CT molecular complexity index is 1770. The first kappa shape index (κ1) is 79.7. The molecule has 0 fully saturated rings. The highest BCUT2D eigenvalue weighted by Crippen LogP contribution is 2.43. The third kappa shape index (κ3) is 67.7. The lowest BCUT2D eigenvalue weighted by Gasteiger charge is -2.24. The molecule has 10 heteroatoms. The quantitative estimate of drug-likeness (QED) is 0.0211. The molecule has 83 heavy (non-hydrogen) atoms. The molecule has 478 valence electrons. The van der Waals surface area contributed by atoms with Crippen molar-refractivity contribution in [2.24, 2.45) is 0 Å². The van der Waals surface area contributed by atoms with Gasteiger partial charge in [-0.15, -0.1) is 0 Å². The molecule has 0 aromatic heterocycles. The van der Waals surface area contributed by atoms with Crippen LogP contribution in [-0.4, -0.2) is 74.9 Å². The molecule has 2 unspecified atom stereocenters. The number of phosphoric acid groups is 1. The standard InChI is InChI=1S/C73H128NO8P/c1-6-8-10-12-14-16-18-20-22-24-26-28-30-32-33-34-35-36-37-38-39-40-41-42-44-46-48-50-52-54-56-58-60-62-64-66-73(76)82-71(70-81-83(77,78)80-68-67-74(3,4)5)69-79-72(75)65-63-61-59-57-55-53-51-49-47-45-43-31-29-27-25-23-21-19-17-15-13-11-9-7-2/h8,10,14,16,20,22,26,28,32-33,35-36,38-39,41-42,46,48,71H,6-7,9,11-13,15,17-19,21,23-25,27,29-31,34,37,40,43-45,47,49-70H2,1-5H3/p+1/b10-8-,16-14-,22-20-,28-26-,33-32-,36-35-,39-38-,42-41-,48-46-. The molecular formula is C73H129NO8P+. The maximum atomic E-state index is 12.9. The van der Waals surface area contributed by atoms with Gasteiger partial charge in [0.1, 0.15) is 19.8 Å². The lowest BCUT2D eigenvalue weighted by Crippen LogP contribution is -2.37. The molecule has 0 aliphatic carbocycles. The average molecular weight is 1180 g/mol. The number of nitrogens with zero attached hydrogens (tertiary/aromatic N) is 1. The fraction of sp³-hybridized carbons (Fsp3) is 0.726. The van der Waals surface area contributed by atoms with Crippen LogP contribution in [0.2, 0.25) is 0 Å². The van der Waals surface area contributed by atoms with E-state index in [9.17, 15) is 19.0 Å². The highest BCUT2D eigenvalue weighted by molar-refractivity contribution is 7.47. The van der Waals surface area contributed by atoms with E-state index in [4.69, 9.17) is 18.5 Å². The van der Waals surface area contributed by atoms with Crippen molar-refractivity contribution in [1.29, 1.82) is 0 Å². The molecule has 0 spiro atoms. The number of hydrogen-bond acceptors (Lipinski definition) is 7. The lowest BCUT2D eigenvalue weighted by molar-refractivity contribution is -0.870. The van der Waals surface area contributed by atoms with Crippen LogP contribution in [0, 0.1) is 0 Å². The highest BCUT2D eigenvalue weighted by atomic mass is 31.2. The maximum absolute atomic E-state index is 12.9. The second-order valence-corrected chi connectivity index (χ2v) is 25.3. The van der Waals surface area contributed by atoms with Gasteiger partial charge in [0.2, 0.25) is 0 Å². The zero-order valence-electron chi connectivity index (χ0n) is 54.4. The molecule has 0 heterocycles. The van der Waals surface area contributed by atoms with Crippen molar-refractivity contribution >= 4 is 19.8 Å². The zero-order valence-corrected chi connectivity index (χ0v) is 55.3. The Labute approximate surface area is 512 Å². The highest BCUT2D eigenvalue weighted by Gasteiger charge is 2.27. The topological polar surface area (TPSA) is 108 Å². The molecule has 9 nitrogen and oxygen atoms in total. The van der Waals surface area contributed by atoms with Crippen molar-refractivity contribution in [2.45, 2.75) is 296 Å². The van der Waals surface area contributed by atoms with Crippen LogP contribution in [0.15, 0.2) is 109 Å². The first-order valence-electron chi connectivity index (χ1n) is 34.1.